The standard InChI is InChI=1S/C14H19N5O2.2ClH/c1-15-9-10-19(2)13(20)4-3-12-17-14(18-21-12)11-5-7-16-8-6-11;;/h5-8,15H,3-4,9-10H2,1-2H3;2*1H. The van der Waals surface area contributed by atoms with Gasteiger partial charge in [-0.25, -0.2) is 0 Å². The van der Waals surface area contributed by atoms with Crippen molar-refractivity contribution in [3.63, 3.8) is 0 Å². The SMILES string of the molecule is CNCCN(C)C(=O)CCc1nc(-c2ccncc2)no1.Cl.Cl. The summed E-state index contributed by atoms with van der Waals surface area (Å²) in [5, 5.41) is 6.92. The molecule has 2 rings (SSSR count). The zero-order chi connectivity index (χ0) is 15.1. The van der Waals surface area contributed by atoms with Gasteiger partial charge in [-0.15, -0.1) is 24.8 Å². The van der Waals surface area contributed by atoms with E-state index in [9.17, 15) is 4.79 Å². The lowest BCUT2D eigenvalue weighted by Crippen LogP contribution is -2.32. The number of halogens is 2. The number of carbonyl (C=O) groups excluding carboxylic acids is 1. The van der Waals surface area contributed by atoms with Gasteiger partial charge in [0.05, 0.1) is 0 Å². The van der Waals surface area contributed by atoms with Crippen LogP contribution in [0, 0.1) is 0 Å². The molecule has 2 aromatic rings. The number of aromatic nitrogens is 3. The Balaban J connectivity index is 0.00000242. The van der Waals surface area contributed by atoms with Gasteiger partial charge < -0.3 is 14.7 Å². The van der Waals surface area contributed by atoms with Crippen molar-refractivity contribution in [2.24, 2.45) is 0 Å². The Labute approximate surface area is 147 Å². The average molecular weight is 362 g/mol. The molecule has 0 spiro atoms. The maximum absolute atomic E-state index is 11.9. The lowest BCUT2D eigenvalue weighted by molar-refractivity contribution is -0.129. The number of pyridine rings is 1. The predicted octanol–water partition coefficient (Wildman–Crippen LogP) is 1.59. The van der Waals surface area contributed by atoms with Gasteiger partial charge in [0, 0.05) is 50.9 Å². The van der Waals surface area contributed by atoms with Crippen molar-refractivity contribution in [2.45, 2.75) is 12.8 Å². The summed E-state index contributed by atoms with van der Waals surface area (Å²) >= 11 is 0. The largest absolute Gasteiger partial charge is 0.344 e. The first-order chi connectivity index (χ1) is 10.2. The predicted molar refractivity (Wildman–Crippen MR) is 91.9 cm³/mol. The van der Waals surface area contributed by atoms with E-state index in [1.807, 2.05) is 19.2 Å². The van der Waals surface area contributed by atoms with Crippen LogP contribution in [-0.4, -0.2) is 53.1 Å². The highest BCUT2D eigenvalue weighted by Gasteiger charge is 2.12. The van der Waals surface area contributed by atoms with Gasteiger partial charge >= 0.3 is 0 Å². The van der Waals surface area contributed by atoms with Crippen LogP contribution in [0.15, 0.2) is 29.0 Å². The summed E-state index contributed by atoms with van der Waals surface area (Å²) in [6.45, 7) is 1.45. The molecule has 1 N–H and O–H groups in total. The molecule has 1 amide bonds. The van der Waals surface area contributed by atoms with E-state index in [2.05, 4.69) is 20.4 Å². The monoisotopic (exact) mass is 361 g/mol. The second-order valence-corrected chi connectivity index (χ2v) is 4.67. The van der Waals surface area contributed by atoms with Crippen LogP contribution in [0.1, 0.15) is 12.3 Å². The maximum Gasteiger partial charge on any atom is 0.227 e. The molecule has 0 atom stereocenters. The van der Waals surface area contributed by atoms with Crippen molar-refractivity contribution in [1.82, 2.24) is 25.3 Å². The molecule has 2 aromatic heterocycles. The highest BCUT2D eigenvalue weighted by molar-refractivity contribution is 5.85. The molecule has 0 aliphatic rings. The average Bonchev–Trinajstić information content (AvgIpc) is 3.00. The molecule has 0 saturated carbocycles. The van der Waals surface area contributed by atoms with Gasteiger partial charge in [0.15, 0.2) is 0 Å². The van der Waals surface area contributed by atoms with Crippen LogP contribution >= 0.6 is 24.8 Å². The van der Waals surface area contributed by atoms with Crippen LogP contribution < -0.4 is 5.32 Å². The van der Waals surface area contributed by atoms with Crippen LogP contribution in [0.25, 0.3) is 11.4 Å². The Bertz CT molecular complexity index is 580. The van der Waals surface area contributed by atoms with Crippen LogP contribution in [0.2, 0.25) is 0 Å². The molecule has 0 bridgehead atoms. The van der Waals surface area contributed by atoms with E-state index in [0.717, 1.165) is 12.1 Å². The molecular weight excluding hydrogens is 341 g/mol. The van der Waals surface area contributed by atoms with Gasteiger partial charge in [0.2, 0.25) is 17.6 Å². The molecule has 128 valence electrons. The minimum absolute atomic E-state index is 0. The van der Waals surface area contributed by atoms with Gasteiger partial charge in [-0.3, -0.25) is 9.78 Å². The van der Waals surface area contributed by atoms with Crippen molar-refractivity contribution >= 4 is 30.7 Å². The van der Waals surface area contributed by atoms with Gasteiger partial charge in [0.25, 0.3) is 0 Å². The summed E-state index contributed by atoms with van der Waals surface area (Å²) in [6, 6.07) is 3.62. The molecule has 9 heteroatoms. The van der Waals surface area contributed by atoms with E-state index < -0.39 is 0 Å². The maximum atomic E-state index is 11.9. The number of rotatable bonds is 7. The zero-order valence-corrected chi connectivity index (χ0v) is 14.7. The summed E-state index contributed by atoms with van der Waals surface area (Å²) in [5.41, 5.74) is 0.845. The van der Waals surface area contributed by atoms with E-state index in [1.54, 1.807) is 24.3 Å². The first-order valence-electron chi connectivity index (χ1n) is 6.82. The number of amides is 1. The summed E-state index contributed by atoms with van der Waals surface area (Å²) < 4.78 is 5.17. The van der Waals surface area contributed by atoms with Crippen molar-refractivity contribution in [2.75, 3.05) is 27.2 Å². The van der Waals surface area contributed by atoms with Crippen LogP contribution in [0.3, 0.4) is 0 Å². The quantitative estimate of drug-likeness (QED) is 0.805. The third kappa shape index (κ3) is 6.52. The molecule has 0 aliphatic heterocycles. The molecule has 7 nitrogen and oxygen atoms in total. The lowest BCUT2D eigenvalue weighted by atomic mass is 10.2. The van der Waals surface area contributed by atoms with Gasteiger partial charge in [-0.2, -0.15) is 4.98 Å². The number of carbonyl (C=O) groups is 1. The third-order valence-electron chi connectivity index (χ3n) is 3.08. The number of hydrogen-bond donors (Lipinski definition) is 1. The van der Waals surface area contributed by atoms with Gasteiger partial charge in [0.1, 0.15) is 0 Å². The topological polar surface area (TPSA) is 84.2 Å². The minimum Gasteiger partial charge on any atom is -0.344 e. The minimum atomic E-state index is 0. The van der Waals surface area contributed by atoms with Crippen molar-refractivity contribution in [1.29, 1.82) is 0 Å². The van der Waals surface area contributed by atoms with E-state index >= 15 is 0 Å². The van der Waals surface area contributed by atoms with Gasteiger partial charge in [-0.1, -0.05) is 5.16 Å². The van der Waals surface area contributed by atoms with Gasteiger partial charge in [-0.05, 0) is 19.2 Å². The summed E-state index contributed by atoms with van der Waals surface area (Å²) in [4.78, 5) is 21.8. The second kappa shape index (κ2) is 10.9. The summed E-state index contributed by atoms with van der Waals surface area (Å²) in [5.74, 6) is 1.05. The fraction of sp³-hybridized carbons (Fsp3) is 0.429. The molecule has 0 radical (unpaired) electrons. The van der Waals surface area contributed by atoms with Crippen molar-refractivity contribution in [3.05, 3.63) is 30.4 Å². The molecule has 0 fully saturated rings. The second-order valence-electron chi connectivity index (χ2n) is 4.67. The molecule has 23 heavy (non-hydrogen) atoms. The number of nitrogens with one attached hydrogen (secondary N) is 1. The molecule has 0 aliphatic carbocycles. The molecule has 2 heterocycles. The van der Waals surface area contributed by atoms with Crippen LogP contribution in [-0.2, 0) is 11.2 Å². The lowest BCUT2D eigenvalue weighted by Gasteiger charge is -2.16. The number of hydrogen-bond acceptors (Lipinski definition) is 6. The third-order valence-corrected chi connectivity index (χ3v) is 3.08. The van der Waals surface area contributed by atoms with Crippen molar-refractivity contribution < 1.29 is 9.32 Å². The normalized spacial score (nSPS) is 9.65. The highest BCUT2D eigenvalue weighted by atomic mass is 35.5. The molecular formula is C14H21Cl2N5O2. The van der Waals surface area contributed by atoms with Crippen LogP contribution in [0.4, 0.5) is 0 Å². The first-order valence-corrected chi connectivity index (χ1v) is 6.82. The smallest absolute Gasteiger partial charge is 0.227 e. The molecule has 0 saturated heterocycles. The fourth-order valence-electron chi connectivity index (χ4n) is 1.78. The summed E-state index contributed by atoms with van der Waals surface area (Å²) in [7, 11) is 3.65. The van der Waals surface area contributed by atoms with E-state index in [4.69, 9.17) is 4.52 Å². The Kier molecular flexibility index (Phi) is 10.1. The Morgan fingerprint density at radius 1 is 1.30 bits per heavy atom. The van der Waals surface area contributed by atoms with E-state index in [1.165, 1.54) is 0 Å². The Morgan fingerprint density at radius 3 is 2.65 bits per heavy atom. The Hall–Kier alpha value is -1.70. The molecule has 0 aromatic carbocycles. The Morgan fingerprint density at radius 2 is 2.00 bits per heavy atom. The first kappa shape index (κ1) is 21.3. The number of likely N-dealkylation sites (N-methyl/N-ethyl adjacent to an activating group) is 2. The summed E-state index contributed by atoms with van der Waals surface area (Å²) in [6.07, 6.45) is 4.15. The molecule has 0 unspecified atom stereocenters. The van der Waals surface area contributed by atoms with Crippen molar-refractivity contribution in [3.8, 4) is 11.4 Å². The fourth-order valence-corrected chi connectivity index (χ4v) is 1.78. The van der Waals surface area contributed by atoms with Crippen LogP contribution in [0.5, 0.6) is 0 Å². The van der Waals surface area contributed by atoms with E-state index in [0.29, 0.717) is 31.1 Å². The zero-order valence-electron chi connectivity index (χ0n) is 13.1. The van der Waals surface area contributed by atoms with E-state index in [-0.39, 0.29) is 30.7 Å². The highest BCUT2D eigenvalue weighted by Crippen LogP contribution is 2.14. The number of nitrogens with zero attached hydrogens (tertiary/aromatic N) is 4. The number of aryl methyl sites for hydroxylation is 1.